The Morgan fingerprint density at radius 2 is 0.839 bits per heavy atom. The summed E-state index contributed by atoms with van der Waals surface area (Å²) in [6, 6.07) is 0. The molecule has 0 heterocycles. The molecule has 3 atom stereocenters. The van der Waals surface area contributed by atoms with E-state index in [1.807, 2.05) is 0 Å². The van der Waals surface area contributed by atoms with Crippen molar-refractivity contribution in [2.75, 3.05) is 26.4 Å². The van der Waals surface area contributed by atoms with Crippen LogP contribution < -0.4 is 0 Å². The maximum atomic E-state index is 12.8. The van der Waals surface area contributed by atoms with Crippen molar-refractivity contribution in [1.82, 2.24) is 0 Å². The molecule has 3 unspecified atom stereocenters. The molecule has 0 aliphatic carbocycles. The van der Waals surface area contributed by atoms with Crippen LogP contribution in [-0.2, 0) is 42.2 Å². The summed E-state index contributed by atoms with van der Waals surface area (Å²) >= 11 is 0. The average molecular weight is 899 g/mol. The van der Waals surface area contributed by atoms with Crippen molar-refractivity contribution in [3.63, 3.8) is 0 Å². The third-order valence-electron chi connectivity index (χ3n) is 10.5. The van der Waals surface area contributed by atoms with Crippen molar-refractivity contribution < 1.29 is 52.2 Å². The van der Waals surface area contributed by atoms with Crippen molar-refractivity contribution in [1.29, 1.82) is 0 Å². The quantitative estimate of drug-likeness (QED) is 0.0197. The van der Waals surface area contributed by atoms with E-state index in [1.54, 1.807) is 0 Å². The van der Waals surface area contributed by atoms with E-state index in [9.17, 15) is 28.9 Å². The third kappa shape index (κ3) is 43.0. The van der Waals surface area contributed by atoms with Gasteiger partial charge >= 0.3 is 25.7 Å². The lowest BCUT2D eigenvalue weighted by Gasteiger charge is -2.21. The number of ether oxygens (including phenoxy) is 3. The second kappa shape index (κ2) is 45.3. The fraction of sp³-hybridized carbons (Fsp3) is 0.820. The van der Waals surface area contributed by atoms with E-state index in [1.165, 1.54) is 57.8 Å². The molecule has 62 heavy (non-hydrogen) atoms. The van der Waals surface area contributed by atoms with Crippen LogP contribution in [0.2, 0.25) is 0 Å². The minimum atomic E-state index is -4.73. The molecule has 11 nitrogen and oxygen atoms in total. The molecule has 0 aliphatic heterocycles. The van der Waals surface area contributed by atoms with E-state index in [0.717, 1.165) is 109 Å². The summed E-state index contributed by atoms with van der Waals surface area (Å²) in [5, 5.41) is 9.74. The van der Waals surface area contributed by atoms with Gasteiger partial charge < -0.3 is 24.2 Å². The molecule has 0 aliphatic rings. The van der Waals surface area contributed by atoms with Crippen LogP contribution in [0.4, 0.5) is 0 Å². The van der Waals surface area contributed by atoms with Crippen molar-refractivity contribution in [3.05, 3.63) is 36.5 Å². The first-order valence-corrected chi connectivity index (χ1v) is 26.4. The predicted octanol–water partition coefficient (Wildman–Crippen LogP) is 13.7. The van der Waals surface area contributed by atoms with Crippen LogP contribution in [0.1, 0.15) is 226 Å². The average Bonchev–Trinajstić information content (AvgIpc) is 3.25. The highest BCUT2D eigenvalue weighted by atomic mass is 31.2. The lowest BCUT2D eigenvalue weighted by atomic mass is 10.1. The number of phosphoric ester groups is 1. The van der Waals surface area contributed by atoms with E-state index in [-0.39, 0.29) is 25.9 Å². The number of hydrogen-bond acceptors (Lipinski definition) is 10. The fourth-order valence-corrected chi connectivity index (χ4v) is 7.45. The molecule has 0 fully saturated rings. The van der Waals surface area contributed by atoms with Gasteiger partial charge in [-0.25, -0.2) is 4.57 Å². The summed E-state index contributed by atoms with van der Waals surface area (Å²) in [7, 11) is -4.73. The zero-order chi connectivity index (χ0) is 45.6. The highest BCUT2D eigenvalue weighted by Gasteiger charge is 2.28. The Hall–Kier alpha value is -2.30. The highest BCUT2D eigenvalue weighted by Crippen LogP contribution is 2.43. The van der Waals surface area contributed by atoms with Crippen LogP contribution in [0.25, 0.3) is 0 Å². The lowest BCUT2D eigenvalue weighted by molar-refractivity contribution is -0.161. The number of phosphoric acid groups is 1. The van der Waals surface area contributed by atoms with E-state index in [2.05, 4.69) is 57.2 Å². The Morgan fingerprint density at radius 3 is 1.32 bits per heavy atom. The van der Waals surface area contributed by atoms with Crippen molar-refractivity contribution in [3.8, 4) is 0 Å². The van der Waals surface area contributed by atoms with E-state index < -0.39 is 57.8 Å². The Kier molecular flexibility index (Phi) is 43.6. The second-order valence-corrected chi connectivity index (χ2v) is 18.1. The monoisotopic (exact) mass is 899 g/mol. The van der Waals surface area contributed by atoms with Gasteiger partial charge in [-0.3, -0.25) is 23.4 Å². The fourth-order valence-electron chi connectivity index (χ4n) is 6.67. The maximum absolute atomic E-state index is 12.8. The second-order valence-electron chi connectivity index (χ2n) is 16.6. The minimum Gasteiger partial charge on any atom is -0.462 e. The number of aliphatic hydroxyl groups excluding tert-OH is 1. The summed E-state index contributed by atoms with van der Waals surface area (Å²) in [5.41, 5.74) is 0. The Balaban J connectivity index is 4.76. The first kappa shape index (κ1) is 59.7. The topological polar surface area (TPSA) is 155 Å². The largest absolute Gasteiger partial charge is 0.472 e. The van der Waals surface area contributed by atoms with Crippen LogP contribution in [-0.4, -0.2) is 66.5 Å². The highest BCUT2D eigenvalue weighted by molar-refractivity contribution is 7.47. The number of hydrogen-bond donors (Lipinski definition) is 2. The van der Waals surface area contributed by atoms with Crippen LogP contribution >= 0.6 is 7.82 Å². The van der Waals surface area contributed by atoms with Crippen LogP contribution in [0.15, 0.2) is 36.5 Å². The Labute approximate surface area is 378 Å². The van der Waals surface area contributed by atoms with Crippen molar-refractivity contribution >= 4 is 25.7 Å². The van der Waals surface area contributed by atoms with Gasteiger partial charge in [0.1, 0.15) is 12.7 Å². The SMILES string of the molecule is CCC/C=C\C/C=C\CCCCCCCC(=O)OC(COC(=O)CCCCCCC/C=C\CCCC)COP(=O)(O)OCC(CO)OC(=O)CCCCCCCCCCCCC. The third-order valence-corrected chi connectivity index (χ3v) is 11.5. The van der Waals surface area contributed by atoms with E-state index in [4.69, 9.17) is 23.3 Å². The summed E-state index contributed by atoms with van der Waals surface area (Å²) in [5.74, 6) is -1.49. The Morgan fingerprint density at radius 1 is 0.452 bits per heavy atom. The summed E-state index contributed by atoms with van der Waals surface area (Å²) in [4.78, 5) is 48.1. The molecule has 0 radical (unpaired) electrons. The van der Waals surface area contributed by atoms with Gasteiger partial charge in [0.25, 0.3) is 0 Å². The molecule has 0 spiro atoms. The van der Waals surface area contributed by atoms with Crippen LogP contribution in [0, 0.1) is 0 Å². The standard InChI is InChI=1S/C50H91O11P/c1-4-7-10-13-16-19-22-23-26-29-32-35-38-41-50(54)61-47(43-57-48(52)39-36-33-30-27-24-20-17-14-11-8-5-2)45-59-62(55,56)58-44-46(42-51)60-49(53)40-37-34-31-28-25-21-18-15-12-9-6-3/h10,13-14,17,19,22,46-47,51H,4-9,11-12,15-16,18,20-21,23-45H2,1-3H3,(H,55,56)/b13-10-,17-14-,22-19-. The summed E-state index contributed by atoms with van der Waals surface area (Å²) < 4.78 is 39.2. The molecule has 362 valence electrons. The Bertz CT molecular complexity index is 1190. The predicted molar refractivity (Wildman–Crippen MR) is 252 cm³/mol. The van der Waals surface area contributed by atoms with Crippen LogP contribution in [0.3, 0.4) is 0 Å². The number of unbranched alkanes of at least 4 members (excludes halogenated alkanes) is 23. The zero-order valence-corrected chi connectivity index (χ0v) is 40.5. The number of aliphatic hydroxyl groups is 1. The van der Waals surface area contributed by atoms with Gasteiger partial charge in [0.2, 0.25) is 0 Å². The van der Waals surface area contributed by atoms with Gasteiger partial charge in [-0.05, 0) is 64.2 Å². The van der Waals surface area contributed by atoms with E-state index >= 15 is 0 Å². The van der Waals surface area contributed by atoms with Gasteiger partial charge in [-0.1, -0.05) is 179 Å². The molecular formula is C50H91O11P. The molecule has 0 aromatic heterocycles. The van der Waals surface area contributed by atoms with Crippen molar-refractivity contribution in [2.45, 2.75) is 238 Å². The summed E-state index contributed by atoms with van der Waals surface area (Å²) in [6.45, 7) is 4.49. The first-order valence-electron chi connectivity index (χ1n) is 24.9. The first-order chi connectivity index (χ1) is 30.2. The van der Waals surface area contributed by atoms with Gasteiger partial charge in [0.05, 0.1) is 19.8 Å². The van der Waals surface area contributed by atoms with Gasteiger partial charge in [0, 0.05) is 19.3 Å². The van der Waals surface area contributed by atoms with Gasteiger partial charge in [-0.15, -0.1) is 0 Å². The maximum Gasteiger partial charge on any atom is 0.472 e. The normalized spacial score (nSPS) is 13.8. The number of allylic oxidation sites excluding steroid dienone is 6. The van der Waals surface area contributed by atoms with Gasteiger partial charge in [-0.2, -0.15) is 0 Å². The molecule has 0 bridgehead atoms. The van der Waals surface area contributed by atoms with Crippen LogP contribution in [0.5, 0.6) is 0 Å². The minimum absolute atomic E-state index is 0.152. The lowest BCUT2D eigenvalue weighted by Crippen LogP contribution is -2.30. The number of rotatable bonds is 46. The molecule has 12 heteroatoms. The molecular weight excluding hydrogens is 808 g/mol. The van der Waals surface area contributed by atoms with E-state index in [0.29, 0.717) is 19.3 Å². The molecule has 0 aromatic carbocycles. The smallest absolute Gasteiger partial charge is 0.462 e. The molecule has 0 saturated carbocycles. The molecule has 0 aromatic rings. The van der Waals surface area contributed by atoms with Gasteiger partial charge in [0.15, 0.2) is 6.10 Å². The number of carbonyl (C=O) groups is 3. The molecule has 0 amide bonds. The summed E-state index contributed by atoms with van der Waals surface area (Å²) in [6.07, 6.45) is 42.6. The zero-order valence-electron chi connectivity index (χ0n) is 39.6. The number of carbonyl (C=O) groups excluding carboxylic acids is 3. The molecule has 0 saturated heterocycles. The van der Waals surface area contributed by atoms with Crippen molar-refractivity contribution in [2.24, 2.45) is 0 Å². The molecule has 0 rings (SSSR count). The number of esters is 3. The molecule has 2 N–H and O–H groups in total.